The highest BCUT2D eigenvalue weighted by atomic mass is 16.6. The predicted octanol–water partition coefficient (Wildman–Crippen LogP) is 9.67. The number of amides is 1. The van der Waals surface area contributed by atoms with Crippen LogP contribution in [0.3, 0.4) is 0 Å². The van der Waals surface area contributed by atoms with Crippen molar-refractivity contribution in [1.29, 1.82) is 0 Å². The van der Waals surface area contributed by atoms with Gasteiger partial charge in [0, 0.05) is 32.5 Å². The molecule has 0 bridgehead atoms. The summed E-state index contributed by atoms with van der Waals surface area (Å²) in [6, 6.07) is 0. The lowest BCUT2D eigenvalue weighted by Gasteiger charge is -2.26. The Morgan fingerprint density at radius 3 is 1.36 bits per heavy atom. The first kappa shape index (κ1) is 53.7. The van der Waals surface area contributed by atoms with Crippen LogP contribution in [0.15, 0.2) is 24.3 Å². The van der Waals surface area contributed by atoms with E-state index in [-0.39, 0.29) is 39.3 Å². The minimum Gasteiger partial charge on any atom is -0.463 e. The van der Waals surface area contributed by atoms with E-state index in [1.165, 1.54) is 89.9 Å². The second-order valence-corrected chi connectivity index (χ2v) is 15.4. The van der Waals surface area contributed by atoms with Gasteiger partial charge in [0.25, 0.3) is 5.91 Å². The van der Waals surface area contributed by atoms with Gasteiger partial charge in [-0.2, -0.15) is 0 Å². The van der Waals surface area contributed by atoms with E-state index in [0.717, 1.165) is 64.2 Å². The molecule has 0 aromatic heterocycles. The number of ether oxygens (including phenoxy) is 3. The van der Waals surface area contributed by atoms with Crippen LogP contribution in [0.25, 0.3) is 0 Å². The zero-order valence-electron chi connectivity index (χ0n) is 36.1. The number of carbonyl (C=O) groups is 3. The van der Waals surface area contributed by atoms with Crippen LogP contribution in [0.5, 0.6) is 0 Å². The summed E-state index contributed by atoms with van der Waals surface area (Å²) in [7, 11) is 0. The first-order chi connectivity index (χ1) is 27.4. The molecule has 0 aromatic rings. The van der Waals surface area contributed by atoms with Gasteiger partial charge in [-0.3, -0.25) is 19.3 Å². The Balaban J connectivity index is 4.58. The number of esters is 2. The Labute approximate surface area is 342 Å². The van der Waals surface area contributed by atoms with Gasteiger partial charge in [-0.05, 0) is 64.2 Å². The van der Waals surface area contributed by atoms with Gasteiger partial charge in [0.05, 0.1) is 19.8 Å². The summed E-state index contributed by atoms with van der Waals surface area (Å²) in [5, 5.41) is 18.7. The van der Waals surface area contributed by atoms with Crippen molar-refractivity contribution in [2.45, 2.75) is 206 Å². The number of rotatable bonds is 43. The zero-order chi connectivity index (χ0) is 41.2. The number of hydrogen-bond acceptors (Lipinski definition) is 9. The molecule has 0 aliphatic rings. The molecule has 10 heteroatoms. The van der Waals surface area contributed by atoms with Crippen LogP contribution >= 0.6 is 0 Å². The van der Waals surface area contributed by atoms with E-state index in [4.69, 9.17) is 19.9 Å². The SMILES string of the molecule is CCCCCCCCC=CCCCCCCCC(=O)OCC(OCCN(CCO)CCO)C(OC(=O)CCCCCCCC=CCCCCCCCC)C(N)=O. The summed E-state index contributed by atoms with van der Waals surface area (Å²) in [4.78, 5) is 39.7. The highest BCUT2D eigenvalue weighted by molar-refractivity contribution is 5.83. The number of allylic oxidation sites excluding steroid dienone is 4. The van der Waals surface area contributed by atoms with E-state index in [1.807, 2.05) is 0 Å². The third-order valence-corrected chi connectivity index (χ3v) is 10.1. The number of aliphatic hydroxyl groups excluding tert-OH is 2. The molecular formula is C46H86N2O8. The molecule has 0 radical (unpaired) electrons. The topological polar surface area (TPSA) is 149 Å². The highest BCUT2D eigenvalue weighted by Gasteiger charge is 2.32. The van der Waals surface area contributed by atoms with Crippen LogP contribution < -0.4 is 5.73 Å². The number of hydrogen-bond donors (Lipinski definition) is 3. The van der Waals surface area contributed by atoms with Crippen LogP contribution in [-0.2, 0) is 28.6 Å². The number of unbranched alkanes of at least 4 members (excludes halogenated alkanes) is 22. The Bertz CT molecular complexity index is 953. The van der Waals surface area contributed by atoms with Gasteiger partial charge in [-0.25, -0.2) is 0 Å². The third kappa shape index (κ3) is 36.1. The van der Waals surface area contributed by atoms with Gasteiger partial charge in [-0.15, -0.1) is 0 Å². The molecule has 0 fully saturated rings. The number of aliphatic hydroxyl groups is 2. The standard InChI is InChI=1S/C46H86N2O8/c1-3-5-7-9-11-13-15-17-19-21-23-25-27-29-31-33-43(51)55-41-42(54-40-37-48(35-38-49)36-39-50)45(46(47)53)56-44(52)34-32-30-28-26-24-22-20-18-16-14-12-10-8-6-4-2/h17-20,42,45,49-50H,3-16,21-41H2,1-2H3,(H2,47,53). The van der Waals surface area contributed by atoms with Crippen molar-refractivity contribution in [3.63, 3.8) is 0 Å². The van der Waals surface area contributed by atoms with Gasteiger partial charge in [-0.1, -0.05) is 141 Å². The number of nitrogens with zero attached hydrogens (tertiary/aromatic N) is 1. The quantitative estimate of drug-likeness (QED) is 0.0312. The van der Waals surface area contributed by atoms with Gasteiger partial charge in [0.1, 0.15) is 12.7 Å². The Hall–Kier alpha value is -2.27. The minimum atomic E-state index is -1.41. The molecule has 2 atom stereocenters. The lowest BCUT2D eigenvalue weighted by Crippen LogP contribution is -2.47. The van der Waals surface area contributed by atoms with Crippen molar-refractivity contribution in [2.75, 3.05) is 46.1 Å². The monoisotopic (exact) mass is 795 g/mol. The molecule has 1 amide bonds. The van der Waals surface area contributed by atoms with Crippen LogP contribution in [-0.4, -0.2) is 91.2 Å². The molecule has 4 N–H and O–H groups in total. The molecule has 0 saturated heterocycles. The van der Waals surface area contributed by atoms with Crippen LogP contribution in [0.4, 0.5) is 0 Å². The van der Waals surface area contributed by atoms with Crippen molar-refractivity contribution >= 4 is 17.8 Å². The van der Waals surface area contributed by atoms with Gasteiger partial charge in [0.2, 0.25) is 6.10 Å². The Morgan fingerprint density at radius 1 is 0.554 bits per heavy atom. The predicted molar refractivity (Wildman–Crippen MR) is 229 cm³/mol. The van der Waals surface area contributed by atoms with Crippen LogP contribution in [0, 0.1) is 0 Å². The average molecular weight is 795 g/mol. The molecule has 328 valence electrons. The molecule has 56 heavy (non-hydrogen) atoms. The van der Waals surface area contributed by atoms with Crippen molar-refractivity contribution < 1.29 is 38.8 Å². The van der Waals surface area contributed by atoms with Gasteiger partial charge < -0.3 is 30.2 Å². The maximum atomic E-state index is 12.8. The fourth-order valence-electron chi connectivity index (χ4n) is 6.62. The molecule has 0 spiro atoms. The number of nitrogens with two attached hydrogens (primary N) is 1. The molecule has 10 nitrogen and oxygen atoms in total. The smallest absolute Gasteiger partial charge is 0.306 e. The summed E-state index contributed by atoms with van der Waals surface area (Å²) in [6.07, 6.45) is 37.3. The van der Waals surface area contributed by atoms with E-state index in [0.29, 0.717) is 32.5 Å². The Kier molecular flexibility index (Phi) is 40.6. The van der Waals surface area contributed by atoms with Crippen molar-refractivity contribution in [3.05, 3.63) is 24.3 Å². The van der Waals surface area contributed by atoms with Crippen molar-refractivity contribution in [3.8, 4) is 0 Å². The lowest BCUT2D eigenvalue weighted by atomic mass is 10.1. The second-order valence-electron chi connectivity index (χ2n) is 15.4. The zero-order valence-corrected chi connectivity index (χ0v) is 36.1. The van der Waals surface area contributed by atoms with E-state index in [9.17, 15) is 24.6 Å². The molecule has 0 aliphatic carbocycles. The first-order valence-electron chi connectivity index (χ1n) is 22.9. The van der Waals surface area contributed by atoms with Gasteiger partial charge >= 0.3 is 11.9 Å². The summed E-state index contributed by atoms with van der Waals surface area (Å²) in [5.74, 6) is -1.81. The average Bonchev–Trinajstić information content (AvgIpc) is 3.18. The van der Waals surface area contributed by atoms with Crippen molar-refractivity contribution in [1.82, 2.24) is 4.90 Å². The van der Waals surface area contributed by atoms with E-state index in [1.54, 1.807) is 4.90 Å². The van der Waals surface area contributed by atoms with E-state index >= 15 is 0 Å². The van der Waals surface area contributed by atoms with Crippen LogP contribution in [0.2, 0.25) is 0 Å². The summed E-state index contributed by atoms with van der Waals surface area (Å²) in [5.41, 5.74) is 5.68. The molecular weight excluding hydrogens is 709 g/mol. The summed E-state index contributed by atoms with van der Waals surface area (Å²) < 4.78 is 17.0. The maximum absolute atomic E-state index is 12.8. The molecule has 0 aromatic carbocycles. The summed E-state index contributed by atoms with van der Waals surface area (Å²) in [6.45, 7) is 5.14. The summed E-state index contributed by atoms with van der Waals surface area (Å²) >= 11 is 0. The largest absolute Gasteiger partial charge is 0.463 e. The highest BCUT2D eigenvalue weighted by Crippen LogP contribution is 2.14. The fraction of sp³-hybridized carbons (Fsp3) is 0.848. The van der Waals surface area contributed by atoms with Gasteiger partial charge in [0.15, 0.2) is 0 Å². The molecule has 0 saturated carbocycles. The van der Waals surface area contributed by atoms with Crippen molar-refractivity contribution in [2.24, 2.45) is 5.73 Å². The Morgan fingerprint density at radius 2 is 0.946 bits per heavy atom. The van der Waals surface area contributed by atoms with E-state index < -0.39 is 30.1 Å². The molecule has 2 unspecified atom stereocenters. The second kappa shape index (κ2) is 42.3. The molecule has 0 rings (SSSR count). The van der Waals surface area contributed by atoms with Crippen LogP contribution in [0.1, 0.15) is 194 Å². The normalized spacial score (nSPS) is 12.9. The lowest BCUT2D eigenvalue weighted by molar-refractivity contribution is -0.171. The number of carbonyl (C=O) groups excluding carboxylic acids is 3. The fourth-order valence-corrected chi connectivity index (χ4v) is 6.62. The third-order valence-electron chi connectivity index (χ3n) is 10.1. The molecule has 0 aliphatic heterocycles. The first-order valence-corrected chi connectivity index (χ1v) is 22.9. The van der Waals surface area contributed by atoms with E-state index in [2.05, 4.69) is 38.2 Å². The molecule has 0 heterocycles. The number of primary amides is 1. The minimum absolute atomic E-state index is 0.0880. The maximum Gasteiger partial charge on any atom is 0.306 e.